The van der Waals surface area contributed by atoms with Gasteiger partial charge in [-0.2, -0.15) is 0 Å². The number of benzene rings is 1. The fourth-order valence-electron chi connectivity index (χ4n) is 2.29. The van der Waals surface area contributed by atoms with Crippen LogP contribution in [0.4, 0.5) is 0 Å². The Hall–Kier alpha value is -1.02. The molecule has 1 aromatic rings. The lowest BCUT2D eigenvalue weighted by molar-refractivity contribution is -0.149. The topological polar surface area (TPSA) is 37.3 Å². The highest BCUT2D eigenvalue weighted by Gasteiger charge is 2.40. The molecule has 0 aromatic heterocycles. The predicted octanol–water partition coefficient (Wildman–Crippen LogP) is 3.17. The molecule has 2 nitrogen and oxygen atoms in total. The minimum absolute atomic E-state index is 0.139. The molecule has 3 heteroatoms. The van der Waals surface area contributed by atoms with Crippen molar-refractivity contribution < 1.29 is 9.90 Å². The number of aliphatic carboxylic acids is 1. The Bertz CT molecular complexity index is 438. The molecule has 1 unspecified atom stereocenters. The van der Waals surface area contributed by atoms with Gasteiger partial charge in [-0.25, -0.2) is 0 Å². The number of carbonyl (C=O) groups is 1. The molecule has 0 radical (unpaired) electrons. The molecule has 2 rings (SSSR count). The molecule has 0 bridgehead atoms. The number of rotatable bonds is 2. The summed E-state index contributed by atoms with van der Waals surface area (Å²) in [6, 6.07) is 5.84. The third-order valence-corrected chi connectivity index (χ3v) is 4.06. The van der Waals surface area contributed by atoms with Crippen LogP contribution in [0.1, 0.15) is 25.0 Å². The second-order valence-electron chi connectivity index (χ2n) is 5.01. The summed E-state index contributed by atoms with van der Waals surface area (Å²) in [5.74, 6) is -0.596. The summed E-state index contributed by atoms with van der Waals surface area (Å²) in [6.45, 7) is 3.58. The first-order valence-electron chi connectivity index (χ1n) is 5.42. The van der Waals surface area contributed by atoms with Crippen molar-refractivity contribution >= 4 is 17.6 Å². The van der Waals surface area contributed by atoms with E-state index in [4.69, 9.17) is 11.6 Å². The molecule has 0 spiro atoms. The van der Waals surface area contributed by atoms with E-state index in [1.807, 2.05) is 18.2 Å². The lowest BCUT2D eigenvalue weighted by atomic mass is 9.77. The Kier molecular flexibility index (Phi) is 2.70. The summed E-state index contributed by atoms with van der Waals surface area (Å²) < 4.78 is 0. The van der Waals surface area contributed by atoms with Gasteiger partial charge in [0.1, 0.15) is 0 Å². The zero-order valence-corrected chi connectivity index (χ0v) is 10.2. The molecule has 1 aromatic carbocycles. The molecule has 0 amide bonds. The summed E-state index contributed by atoms with van der Waals surface area (Å²) in [7, 11) is 0. The van der Waals surface area contributed by atoms with Gasteiger partial charge in [0.2, 0.25) is 0 Å². The highest BCUT2D eigenvalue weighted by Crippen LogP contribution is 2.41. The molecule has 0 fully saturated rings. The van der Waals surface area contributed by atoms with Gasteiger partial charge in [-0.3, -0.25) is 4.79 Å². The Morgan fingerprint density at radius 2 is 2.12 bits per heavy atom. The van der Waals surface area contributed by atoms with E-state index in [-0.39, 0.29) is 5.92 Å². The van der Waals surface area contributed by atoms with Crippen LogP contribution in [0.5, 0.6) is 0 Å². The van der Waals surface area contributed by atoms with Gasteiger partial charge in [0.25, 0.3) is 0 Å². The number of halogens is 1. The molecule has 1 aliphatic rings. The first-order valence-corrected chi connectivity index (χ1v) is 5.80. The minimum atomic E-state index is -0.735. The lowest BCUT2D eigenvalue weighted by Crippen LogP contribution is -2.33. The second-order valence-corrected chi connectivity index (χ2v) is 5.42. The highest BCUT2D eigenvalue weighted by atomic mass is 35.5. The maximum Gasteiger partial charge on any atom is 0.309 e. The first-order chi connectivity index (χ1) is 7.43. The van der Waals surface area contributed by atoms with E-state index in [2.05, 4.69) is 0 Å². The standard InChI is InChI=1S/C13H15ClO2/c1-13(2,12(15)16)9-6-8-4-3-5-11(14)10(8)7-9/h3-5,9H,6-7H2,1-2H3,(H,15,16). The Labute approximate surface area is 100 Å². The second kappa shape index (κ2) is 3.77. The molecule has 0 aliphatic heterocycles. The maximum atomic E-state index is 11.2. The van der Waals surface area contributed by atoms with Crippen LogP contribution >= 0.6 is 11.6 Å². The molecular weight excluding hydrogens is 224 g/mol. The third-order valence-electron chi connectivity index (χ3n) is 3.70. The smallest absolute Gasteiger partial charge is 0.309 e. The van der Waals surface area contributed by atoms with E-state index >= 15 is 0 Å². The molecule has 0 saturated carbocycles. The Balaban J connectivity index is 2.30. The van der Waals surface area contributed by atoms with Gasteiger partial charge >= 0.3 is 5.97 Å². The van der Waals surface area contributed by atoms with E-state index in [0.717, 1.165) is 23.4 Å². The van der Waals surface area contributed by atoms with Gasteiger partial charge in [-0.15, -0.1) is 0 Å². The molecule has 16 heavy (non-hydrogen) atoms. The molecule has 0 heterocycles. The molecule has 0 saturated heterocycles. The van der Waals surface area contributed by atoms with Crippen molar-refractivity contribution in [3.63, 3.8) is 0 Å². The average Bonchev–Trinajstić information content (AvgIpc) is 2.63. The monoisotopic (exact) mass is 238 g/mol. The molecule has 86 valence electrons. The molecular formula is C13H15ClO2. The lowest BCUT2D eigenvalue weighted by Gasteiger charge is -2.26. The van der Waals surface area contributed by atoms with Crippen molar-refractivity contribution in [1.29, 1.82) is 0 Å². The minimum Gasteiger partial charge on any atom is -0.481 e. The van der Waals surface area contributed by atoms with E-state index in [1.165, 1.54) is 5.56 Å². The largest absolute Gasteiger partial charge is 0.481 e. The van der Waals surface area contributed by atoms with E-state index in [1.54, 1.807) is 13.8 Å². The summed E-state index contributed by atoms with van der Waals surface area (Å²) >= 11 is 6.12. The van der Waals surface area contributed by atoms with Crippen molar-refractivity contribution in [1.82, 2.24) is 0 Å². The van der Waals surface area contributed by atoms with Crippen molar-refractivity contribution in [3.05, 3.63) is 34.3 Å². The molecule has 1 N–H and O–H groups in total. The number of hydrogen-bond donors (Lipinski definition) is 1. The predicted molar refractivity (Wildman–Crippen MR) is 63.8 cm³/mol. The van der Waals surface area contributed by atoms with Crippen LogP contribution in [0.3, 0.4) is 0 Å². The van der Waals surface area contributed by atoms with Crippen LogP contribution in [0, 0.1) is 11.3 Å². The quantitative estimate of drug-likeness (QED) is 0.859. The van der Waals surface area contributed by atoms with Crippen molar-refractivity contribution in [2.45, 2.75) is 26.7 Å². The number of hydrogen-bond acceptors (Lipinski definition) is 1. The third kappa shape index (κ3) is 1.71. The average molecular weight is 239 g/mol. The molecule has 1 atom stereocenters. The van der Waals surface area contributed by atoms with Gasteiger partial charge < -0.3 is 5.11 Å². The van der Waals surface area contributed by atoms with Gasteiger partial charge in [-0.1, -0.05) is 23.7 Å². The SMILES string of the molecule is CC(C)(C(=O)O)C1Cc2cccc(Cl)c2C1. The van der Waals surface area contributed by atoms with Crippen LogP contribution in [0.25, 0.3) is 0 Å². The van der Waals surface area contributed by atoms with Gasteiger partial charge in [-0.05, 0) is 49.8 Å². The van der Waals surface area contributed by atoms with Crippen LogP contribution in [0.2, 0.25) is 5.02 Å². The normalized spacial score (nSPS) is 19.6. The number of fused-ring (bicyclic) bond motifs is 1. The van der Waals surface area contributed by atoms with Gasteiger partial charge in [0.15, 0.2) is 0 Å². The molecule has 1 aliphatic carbocycles. The summed E-state index contributed by atoms with van der Waals surface area (Å²) in [6.07, 6.45) is 1.59. The van der Waals surface area contributed by atoms with Gasteiger partial charge in [0, 0.05) is 5.02 Å². The van der Waals surface area contributed by atoms with E-state index in [9.17, 15) is 9.90 Å². The summed E-state index contributed by atoms with van der Waals surface area (Å²) in [5, 5.41) is 9.98. The summed E-state index contributed by atoms with van der Waals surface area (Å²) in [5.41, 5.74) is 1.64. The van der Waals surface area contributed by atoms with Crippen molar-refractivity contribution in [2.75, 3.05) is 0 Å². The van der Waals surface area contributed by atoms with E-state index in [0.29, 0.717) is 0 Å². The van der Waals surface area contributed by atoms with Gasteiger partial charge in [0.05, 0.1) is 5.41 Å². The summed E-state index contributed by atoms with van der Waals surface area (Å²) in [4.78, 5) is 11.2. The number of carboxylic acid groups (broad SMARTS) is 1. The first kappa shape index (κ1) is 11.5. The Morgan fingerprint density at radius 1 is 1.44 bits per heavy atom. The fourth-order valence-corrected chi connectivity index (χ4v) is 2.56. The fraction of sp³-hybridized carbons (Fsp3) is 0.462. The van der Waals surface area contributed by atoms with Crippen molar-refractivity contribution in [2.24, 2.45) is 11.3 Å². The van der Waals surface area contributed by atoms with Crippen LogP contribution in [0.15, 0.2) is 18.2 Å². The van der Waals surface area contributed by atoms with Crippen LogP contribution in [-0.4, -0.2) is 11.1 Å². The zero-order chi connectivity index (χ0) is 11.9. The Morgan fingerprint density at radius 3 is 2.69 bits per heavy atom. The van der Waals surface area contributed by atoms with Crippen molar-refractivity contribution in [3.8, 4) is 0 Å². The van der Waals surface area contributed by atoms with Crippen LogP contribution in [-0.2, 0) is 17.6 Å². The highest BCUT2D eigenvalue weighted by molar-refractivity contribution is 6.31. The zero-order valence-electron chi connectivity index (χ0n) is 9.46. The van der Waals surface area contributed by atoms with E-state index < -0.39 is 11.4 Å². The van der Waals surface area contributed by atoms with Crippen LogP contribution < -0.4 is 0 Å². The number of carboxylic acids is 1. The maximum absolute atomic E-state index is 11.2.